The van der Waals surface area contributed by atoms with Crippen LogP contribution >= 0.6 is 36.4 Å². The Morgan fingerprint density at radius 3 is 2.30 bits per heavy atom. The van der Waals surface area contributed by atoms with Crippen molar-refractivity contribution >= 4 is 48.0 Å². The van der Waals surface area contributed by atoms with Gasteiger partial charge >= 0.3 is 0 Å². The molecule has 1 atom stereocenters. The zero-order chi connectivity index (χ0) is 17.6. The van der Waals surface area contributed by atoms with Gasteiger partial charge in [-0.2, -0.15) is 0 Å². The Morgan fingerprint density at radius 2 is 1.67 bits per heavy atom. The van der Waals surface area contributed by atoms with Crippen molar-refractivity contribution in [2.45, 2.75) is 13.3 Å². The highest BCUT2D eigenvalue weighted by molar-refractivity contribution is 6.30. The lowest BCUT2D eigenvalue weighted by atomic mass is 10.1. The molecule has 1 unspecified atom stereocenters. The maximum atomic E-state index is 12.7. The first-order chi connectivity index (χ1) is 12.2. The molecule has 0 N–H and O–H groups in total. The van der Waals surface area contributed by atoms with Gasteiger partial charge in [0.15, 0.2) is 0 Å². The Morgan fingerprint density at radius 1 is 1.04 bits per heavy atom. The zero-order valence-electron chi connectivity index (χ0n) is 15.8. The number of piperazine rings is 1. The number of hydrogen-bond donors (Lipinski definition) is 0. The summed E-state index contributed by atoms with van der Waals surface area (Å²) in [7, 11) is 0. The standard InChI is InChI=1S/C19H28ClN3O2.2ClH/c1-2-25-14-13-21-9-11-22(12-10-21)15-16-7-8-23(19(16)24)18-5-3-17(20)4-6-18;;/h3-6,16H,2,7-15H2,1H3;2*1H. The third-order valence-corrected chi connectivity index (χ3v) is 5.41. The Kier molecular flexibility index (Phi) is 11.0. The van der Waals surface area contributed by atoms with E-state index in [4.69, 9.17) is 16.3 Å². The molecule has 2 aliphatic heterocycles. The fourth-order valence-corrected chi connectivity index (χ4v) is 3.76. The summed E-state index contributed by atoms with van der Waals surface area (Å²) in [5.74, 6) is 0.367. The van der Waals surface area contributed by atoms with Gasteiger partial charge in [-0.15, -0.1) is 24.8 Å². The lowest BCUT2D eigenvalue weighted by molar-refractivity contribution is -0.121. The number of nitrogens with zero attached hydrogens (tertiary/aromatic N) is 3. The molecule has 5 nitrogen and oxygen atoms in total. The van der Waals surface area contributed by atoms with Crippen molar-refractivity contribution in [1.29, 1.82) is 0 Å². The number of hydrogen-bond acceptors (Lipinski definition) is 4. The van der Waals surface area contributed by atoms with Crippen LogP contribution in [-0.4, -0.2) is 74.7 Å². The molecule has 2 saturated heterocycles. The molecule has 27 heavy (non-hydrogen) atoms. The van der Waals surface area contributed by atoms with Crippen molar-refractivity contribution in [1.82, 2.24) is 9.80 Å². The van der Waals surface area contributed by atoms with E-state index >= 15 is 0 Å². The highest BCUT2D eigenvalue weighted by Gasteiger charge is 2.34. The van der Waals surface area contributed by atoms with E-state index in [1.165, 1.54) is 0 Å². The summed E-state index contributed by atoms with van der Waals surface area (Å²) in [6.45, 7) is 10.5. The normalized spacial score (nSPS) is 21.0. The first kappa shape index (κ1) is 24.5. The third kappa shape index (κ3) is 6.77. The molecule has 1 aromatic carbocycles. The molecule has 0 aromatic heterocycles. The van der Waals surface area contributed by atoms with Crippen LogP contribution in [-0.2, 0) is 9.53 Å². The number of anilines is 1. The van der Waals surface area contributed by atoms with Gasteiger partial charge in [0.1, 0.15) is 0 Å². The van der Waals surface area contributed by atoms with E-state index < -0.39 is 0 Å². The van der Waals surface area contributed by atoms with E-state index in [1.807, 2.05) is 36.1 Å². The van der Waals surface area contributed by atoms with E-state index in [9.17, 15) is 4.79 Å². The molecule has 2 fully saturated rings. The average molecular weight is 439 g/mol. The second-order valence-electron chi connectivity index (χ2n) is 6.79. The smallest absolute Gasteiger partial charge is 0.231 e. The van der Waals surface area contributed by atoms with E-state index in [-0.39, 0.29) is 36.6 Å². The van der Waals surface area contributed by atoms with Crippen LogP contribution in [0.2, 0.25) is 5.02 Å². The number of ether oxygens (including phenoxy) is 1. The Bertz CT molecular complexity index is 566. The minimum atomic E-state index is 0. The summed E-state index contributed by atoms with van der Waals surface area (Å²) in [4.78, 5) is 19.5. The van der Waals surface area contributed by atoms with Gasteiger partial charge in [0.25, 0.3) is 0 Å². The third-order valence-electron chi connectivity index (χ3n) is 5.15. The number of rotatable bonds is 7. The summed E-state index contributed by atoms with van der Waals surface area (Å²) < 4.78 is 5.43. The average Bonchev–Trinajstić information content (AvgIpc) is 2.98. The van der Waals surface area contributed by atoms with Crippen LogP contribution in [0.4, 0.5) is 5.69 Å². The molecule has 0 radical (unpaired) electrons. The fourth-order valence-electron chi connectivity index (χ4n) is 3.63. The second kappa shape index (κ2) is 12.1. The SMILES string of the molecule is CCOCCN1CCN(CC2CCN(c3ccc(Cl)cc3)C2=O)CC1.Cl.Cl. The largest absolute Gasteiger partial charge is 0.380 e. The first-order valence-electron chi connectivity index (χ1n) is 9.26. The van der Waals surface area contributed by atoms with Crippen LogP contribution in [0.15, 0.2) is 24.3 Å². The summed E-state index contributed by atoms with van der Waals surface area (Å²) in [6, 6.07) is 7.55. The minimum absolute atomic E-state index is 0. The summed E-state index contributed by atoms with van der Waals surface area (Å²) >= 11 is 5.94. The molecule has 2 aliphatic rings. The molecular formula is C19H30Cl3N3O2. The summed E-state index contributed by atoms with van der Waals surface area (Å²) in [6.07, 6.45) is 0.937. The van der Waals surface area contributed by atoms with Crippen LogP contribution in [0.3, 0.4) is 0 Å². The Balaban J connectivity index is 0.00000182. The second-order valence-corrected chi connectivity index (χ2v) is 7.23. The number of carbonyl (C=O) groups is 1. The quantitative estimate of drug-likeness (QED) is 0.613. The van der Waals surface area contributed by atoms with Crippen LogP contribution in [0.5, 0.6) is 0 Å². The minimum Gasteiger partial charge on any atom is -0.380 e. The van der Waals surface area contributed by atoms with Crippen molar-refractivity contribution in [3.8, 4) is 0 Å². The van der Waals surface area contributed by atoms with E-state index in [1.54, 1.807) is 0 Å². The van der Waals surface area contributed by atoms with Crippen molar-refractivity contribution in [2.24, 2.45) is 5.92 Å². The van der Waals surface area contributed by atoms with Gasteiger partial charge in [-0.3, -0.25) is 9.69 Å². The van der Waals surface area contributed by atoms with Gasteiger partial charge < -0.3 is 14.5 Å². The first-order valence-corrected chi connectivity index (χ1v) is 9.64. The molecule has 1 aromatic rings. The van der Waals surface area contributed by atoms with Gasteiger partial charge in [-0.1, -0.05) is 11.6 Å². The predicted molar refractivity (Wildman–Crippen MR) is 116 cm³/mol. The molecule has 0 aliphatic carbocycles. The highest BCUT2D eigenvalue weighted by atomic mass is 35.5. The summed E-state index contributed by atoms with van der Waals surface area (Å²) in [5, 5.41) is 0.703. The highest BCUT2D eigenvalue weighted by Crippen LogP contribution is 2.27. The van der Waals surface area contributed by atoms with Crippen molar-refractivity contribution in [3.63, 3.8) is 0 Å². The van der Waals surface area contributed by atoms with Gasteiger partial charge in [0.05, 0.1) is 12.5 Å². The monoisotopic (exact) mass is 437 g/mol. The number of halogens is 3. The van der Waals surface area contributed by atoms with Crippen LogP contribution < -0.4 is 4.90 Å². The molecule has 3 rings (SSSR count). The van der Waals surface area contributed by atoms with Gasteiger partial charge in [0.2, 0.25) is 5.91 Å². The molecule has 0 spiro atoms. The van der Waals surface area contributed by atoms with E-state index in [0.717, 1.165) is 71.1 Å². The van der Waals surface area contributed by atoms with Gasteiger partial charge in [-0.25, -0.2) is 0 Å². The number of carbonyl (C=O) groups excluding carboxylic acids is 1. The summed E-state index contributed by atoms with van der Waals surface area (Å²) in [5.41, 5.74) is 0.956. The molecule has 1 amide bonds. The molecule has 0 bridgehead atoms. The van der Waals surface area contributed by atoms with Crippen LogP contribution in [0.1, 0.15) is 13.3 Å². The molecule has 8 heteroatoms. The Labute approximate surface area is 179 Å². The topological polar surface area (TPSA) is 36.0 Å². The molecular weight excluding hydrogens is 409 g/mol. The van der Waals surface area contributed by atoms with Crippen molar-refractivity contribution < 1.29 is 9.53 Å². The maximum absolute atomic E-state index is 12.7. The predicted octanol–water partition coefficient (Wildman–Crippen LogP) is 3.19. The molecule has 2 heterocycles. The fraction of sp³-hybridized carbons (Fsp3) is 0.632. The lowest BCUT2D eigenvalue weighted by Crippen LogP contribution is -2.49. The molecule has 154 valence electrons. The van der Waals surface area contributed by atoms with Crippen LogP contribution in [0.25, 0.3) is 0 Å². The van der Waals surface area contributed by atoms with Gasteiger partial charge in [-0.05, 0) is 37.6 Å². The zero-order valence-corrected chi connectivity index (χ0v) is 18.2. The van der Waals surface area contributed by atoms with Crippen molar-refractivity contribution in [2.75, 3.05) is 63.9 Å². The number of amides is 1. The van der Waals surface area contributed by atoms with Crippen LogP contribution in [0, 0.1) is 5.92 Å². The maximum Gasteiger partial charge on any atom is 0.231 e. The molecule has 0 saturated carbocycles. The van der Waals surface area contributed by atoms with E-state index in [2.05, 4.69) is 9.80 Å². The lowest BCUT2D eigenvalue weighted by Gasteiger charge is -2.35. The Hall–Kier alpha value is -0.560. The van der Waals surface area contributed by atoms with Crippen molar-refractivity contribution in [3.05, 3.63) is 29.3 Å². The van der Waals surface area contributed by atoms with Gasteiger partial charge in [0, 0.05) is 63.1 Å². The van der Waals surface area contributed by atoms with E-state index in [0.29, 0.717) is 5.02 Å². The number of benzene rings is 1.